The Morgan fingerprint density at radius 3 is 2.24 bits per heavy atom. The number of hydrogen-bond acceptors (Lipinski definition) is 4. The summed E-state index contributed by atoms with van der Waals surface area (Å²) in [4.78, 5) is 17.0. The summed E-state index contributed by atoms with van der Waals surface area (Å²) in [5.74, 6) is -0.204. The molecular formula is C20H15N3O2. The maximum atomic E-state index is 12.5. The van der Waals surface area contributed by atoms with Crippen molar-refractivity contribution in [1.82, 2.24) is 15.5 Å². The molecule has 0 spiro atoms. The molecular weight excluding hydrogens is 314 g/mol. The molecule has 1 amide bonds. The van der Waals surface area contributed by atoms with E-state index in [1.54, 1.807) is 13.1 Å². The highest BCUT2D eigenvalue weighted by Crippen LogP contribution is 2.32. The third-order valence-corrected chi connectivity index (χ3v) is 4.03. The molecule has 0 radical (unpaired) electrons. The van der Waals surface area contributed by atoms with Gasteiger partial charge in [-0.1, -0.05) is 65.8 Å². The van der Waals surface area contributed by atoms with Gasteiger partial charge in [-0.2, -0.15) is 0 Å². The van der Waals surface area contributed by atoms with Crippen molar-refractivity contribution in [3.8, 4) is 22.5 Å². The van der Waals surface area contributed by atoms with Gasteiger partial charge in [-0.05, 0) is 6.07 Å². The molecule has 0 saturated heterocycles. The first kappa shape index (κ1) is 15.1. The molecule has 0 fully saturated rings. The average molecular weight is 329 g/mol. The summed E-state index contributed by atoms with van der Waals surface area (Å²) in [5, 5.41) is 7.46. The zero-order valence-electron chi connectivity index (χ0n) is 13.6. The van der Waals surface area contributed by atoms with Crippen LogP contribution >= 0.6 is 0 Å². The standard InChI is InChI=1S/C20H15N3O2/c1-21-19(24)15-12-16(13-8-4-2-5-9-13)22-20-17(15)18(23-25-20)14-10-6-3-7-11-14/h2-12H,1H3,(H,21,24). The van der Waals surface area contributed by atoms with Gasteiger partial charge in [0.2, 0.25) is 0 Å². The lowest BCUT2D eigenvalue weighted by Crippen LogP contribution is -2.18. The van der Waals surface area contributed by atoms with Gasteiger partial charge in [0.25, 0.3) is 11.6 Å². The summed E-state index contributed by atoms with van der Waals surface area (Å²) in [6.07, 6.45) is 0. The van der Waals surface area contributed by atoms with Crippen molar-refractivity contribution in [2.45, 2.75) is 0 Å². The molecule has 2 heterocycles. The molecule has 0 atom stereocenters. The van der Waals surface area contributed by atoms with Gasteiger partial charge in [0.05, 0.1) is 16.6 Å². The SMILES string of the molecule is CNC(=O)c1cc(-c2ccccc2)nc2onc(-c3ccccc3)c12. The van der Waals surface area contributed by atoms with E-state index in [2.05, 4.69) is 15.5 Å². The van der Waals surface area contributed by atoms with Gasteiger partial charge in [0, 0.05) is 18.2 Å². The van der Waals surface area contributed by atoms with E-state index in [0.29, 0.717) is 28.1 Å². The van der Waals surface area contributed by atoms with Crippen LogP contribution in [0.25, 0.3) is 33.6 Å². The van der Waals surface area contributed by atoms with Crippen molar-refractivity contribution in [2.24, 2.45) is 0 Å². The van der Waals surface area contributed by atoms with Crippen LogP contribution in [0.1, 0.15) is 10.4 Å². The summed E-state index contributed by atoms with van der Waals surface area (Å²) in [7, 11) is 1.60. The second kappa shape index (κ2) is 6.20. The molecule has 2 aromatic heterocycles. The van der Waals surface area contributed by atoms with Crippen LogP contribution in [0, 0.1) is 0 Å². The Balaban J connectivity index is 1.99. The van der Waals surface area contributed by atoms with Crippen LogP contribution in [0.2, 0.25) is 0 Å². The normalized spacial score (nSPS) is 10.8. The first-order valence-electron chi connectivity index (χ1n) is 7.91. The third kappa shape index (κ3) is 2.65. The summed E-state index contributed by atoms with van der Waals surface area (Å²) in [6, 6.07) is 21.1. The number of pyridine rings is 1. The van der Waals surface area contributed by atoms with Gasteiger partial charge >= 0.3 is 0 Å². The predicted molar refractivity (Wildman–Crippen MR) is 96.1 cm³/mol. The third-order valence-electron chi connectivity index (χ3n) is 4.03. The fraction of sp³-hybridized carbons (Fsp3) is 0.0500. The van der Waals surface area contributed by atoms with Gasteiger partial charge in [0.1, 0.15) is 5.69 Å². The number of amides is 1. The lowest BCUT2D eigenvalue weighted by Gasteiger charge is -2.06. The van der Waals surface area contributed by atoms with Gasteiger partial charge < -0.3 is 9.84 Å². The summed E-state index contributed by atoms with van der Waals surface area (Å²) >= 11 is 0. The van der Waals surface area contributed by atoms with Crippen LogP contribution < -0.4 is 5.32 Å². The monoisotopic (exact) mass is 329 g/mol. The number of nitrogens with one attached hydrogen (secondary N) is 1. The highest BCUT2D eigenvalue weighted by atomic mass is 16.5. The topological polar surface area (TPSA) is 68.0 Å². The molecule has 0 aliphatic heterocycles. The number of hydrogen-bond donors (Lipinski definition) is 1. The Kier molecular flexibility index (Phi) is 3.74. The van der Waals surface area contributed by atoms with Crippen molar-refractivity contribution < 1.29 is 9.32 Å². The van der Waals surface area contributed by atoms with E-state index >= 15 is 0 Å². The second-order valence-electron chi connectivity index (χ2n) is 5.58. The molecule has 0 aliphatic carbocycles. The zero-order valence-corrected chi connectivity index (χ0v) is 13.6. The van der Waals surface area contributed by atoms with Gasteiger partial charge in [-0.15, -0.1) is 0 Å². The van der Waals surface area contributed by atoms with Gasteiger partial charge in [-0.3, -0.25) is 4.79 Å². The summed E-state index contributed by atoms with van der Waals surface area (Å²) in [6.45, 7) is 0. The molecule has 0 aliphatic rings. The molecule has 0 saturated carbocycles. The van der Waals surface area contributed by atoms with Crippen molar-refractivity contribution in [2.75, 3.05) is 7.05 Å². The van der Waals surface area contributed by atoms with Gasteiger partial charge in [0.15, 0.2) is 0 Å². The lowest BCUT2D eigenvalue weighted by molar-refractivity contribution is 0.0964. The predicted octanol–water partition coefficient (Wildman–Crippen LogP) is 3.92. The zero-order chi connectivity index (χ0) is 17.2. The first-order valence-corrected chi connectivity index (χ1v) is 7.91. The number of carbonyl (C=O) groups excluding carboxylic acids is 1. The second-order valence-corrected chi connectivity index (χ2v) is 5.58. The number of nitrogens with zero attached hydrogens (tertiary/aromatic N) is 2. The molecule has 5 heteroatoms. The minimum absolute atomic E-state index is 0.204. The van der Waals surface area contributed by atoms with E-state index in [0.717, 1.165) is 11.1 Å². The Morgan fingerprint density at radius 2 is 1.60 bits per heavy atom. The van der Waals surface area contributed by atoms with Crippen LogP contribution in [0.3, 0.4) is 0 Å². The molecule has 0 bridgehead atoms. The Morgan fingerprint density at radius 1 is 0.960 bits per heavy atom. The molecule has 2 aromatic carbocycles. The Labute approximate surface area is 144 Å². The van der Waals surface area contributed by atoms with Crippen LogP contribution in [-0.4, -0.2) is 23.1 Å². The number of rotatable bonds is 3. The van der Waals surface area contributed by atoms with Crippen LogP contribution in [0.15, 0.2) is 71.3 Å². The van der Waals surface area contributed by atoms with E-state index in [1.165, 1.54) is 0 Å². The van der Waals surface area contributed by atoms with Crippen molar-refractivity contribution in [3.05, 3.63) is 72.3 Å². The van der Waals surface area contributed by atoms with Crippen molar-refractivity contribution in [1.29, 1.82) is 0 Å². The maximum absolute atomic E-state index is 12.5. The van der Waals surface area contributed by atoms with Crippen LogP contribution in [0.5, 0.6) is 0 Å². The molecule has 4 rings (SSSR count). The highest BCUT2D eigenvalue weighted by molar-refractivity contribution is 6.10. The minimum atomic E-state index is -0.204. The van der Waals surface area contributed by atoms with E-state index in [9.17, 15) is 4.79 Å². The maximum Gasteiger partial charge on any atom is 0.259 e. The largest absolute Gasteiger partial charge is 0.355 e. The number of benzene rings is 2. The quantitative estimate of drug-likeness (QED) is 0.618. The summed E-state index contributed by atoms with van der Waals surface area (Å²) in [5.41, 5.74) is 3.90. The smallest absolute Gasteiger partial charge is 0.259 e. The molecule has 122 valence electrons. The van der Waals surface area contributed by atoms with Gasteiger partial charge in [-0.25, -0.2) is 4.98 Å². The molecule has 1 N–H and O–H groups in total. The Hall–Kier alpha value is -3.47. The minimum Gasteiger partial charge on any atom is -0.355 e. The lowest BCUT2D eigenvalue weighted by atomic mass is 10.0. The molecule has 4 aromatic rings. The fourth-order valence-electron chi connectivity index (χ4n) is 2.81. The Bertz CT molecular complexity index is 1040. The highest BCUT2D eigenvalue weighted by Gasteiger charge is 2.21. The molecule has 25 heavy (non-hydrogen) atoms. The van der Waals surface area contributed by atoms with E-state index < -0.39 is 0 Å². The number of aromatic nitrogens is 2. The molecule has 5 nitrogen and oxygen atoms in total. The van der Waals surface area contributed by atoms with E-state index in [-0.39, 0.29) is 5.91 Å². The van der Waals surface area contributed by atoms with Crippen molar-refractivity contribution >= 4 is 17.0 Å². The molecule has 0 unspecified atom stereocenters. The average Bonchev–Trinajstić information content (AvgIpc) is 3.12. The van der Waals surface area contributed by atoms with E-state index in [1.807, 2.05) is 60.7 Å². The summed E-state index contributed by atoms with van der Waals surface area (Å²) < 4.78 is 5.46. The van der Waals surface area contributed by atoms with Crippen molar-refractivity contribution in [3.63, 3.8) is 0 Å². The fourth-order valence-corrected chi connectivity index (χ4v) is 2.81. The van der Waals surface area contributed by atoms with Crippen LogP contribution in [-0.2, 0) is 0 Å². The van der Waals surface area contributed by atoms with E-state index in [4.69, 9.17) is 4.52 Å². The number of carbonyl (C=O) groups is 1. The first-order chi connectivity index (χ1) is 12.3. The number of fused-ring (bicyclic) bond motifs is 1. The van der Waals surface area contributed by atoms with Crippen LogP contribution in [0.4, 0.5) is 0 Å².